The summed E-state index contributed by atoms with van der Waals surface area (Å²) in [5, 5.41) is 14.2. The number of benzene rings is 2. The molecule has 12 heteroatoms. The van der Waals surface area contributed by atoms with Crippen molar-refractivity contribution >= 4 is 42.5 Å². The number of hydrogen-bond donors (Lipinski definition) is 4. The molecule has 2 aromatic heterocycles. The highest BCUT2D eigenvalue weighted by Crippen LogP contribution is 2.29. The molecular weight excluding hydrogens is 503 g/mol. The summed E-state index contributed by atoms with van der Waals surface area (Å²) in [6, 6.07) is 16.5. The molecule has 4 rings (SSSR count). The molecule has 0 saturated carbocycles. The average molecular weight is 529 g/mol. The van der Waals surface area contributed by atoms with Crippen LogP contribution in [0.2, 0.25) is 0 Å². The number of carbonyl (C=O) groups is 1. The first-order valence-corrected chi connectivity index (χ1v) is 10.4. The summed E-state index contributed by atoms with van der Waals surface area (Å²) >= 11 is 0. The van der Waals surface area contributed by atoms with E-state index in [1.807, 2.05) is 36.4 Å². The number of rotatable bonds is 6. The second-order valence-electron chi connectivity index (χ2n) is 7.81. The summed E-state index contributed by atoms with van der Waals surface area (Å²) in [5.41, 5.74) is 16.2. The first-order valence-electron chi connectivity index (χ1n) is 10.4. The molecule has 0 saturated heterocycles. The highest BCUT2D eigenvalue weighted by molar-refractivity contribution is 5.94. The molecule has 2 aromatic carbocycles. The lowest BCUT2D eigenvalue weighted by molar-refractivity contribution is 0.0827. The average Bonchev–Trinajstić information content (AvgIpc) is 3.33. The van der Waals surface area contributed by atoms with E-state index in [-0.39, 0.29) is 42.5 Å². The van der Waals surface area contributed by atoms with Gasteiger partial charge in [-0.15, -0.1) is 24.8 Å². The Balaban J connectivity index is 0.00000228. The molecule has 2 heterocycles. The second-order valence-corrected chi connectivity index (χ2v) is 7.81. The summed E-state index contributed by atoms with van der Waals surface area (Å²) < 4.78 is 5.52. The van der Waals surface area contributed by atoms with E-state index in [2.05, 4.69) is 20.4 Å². The number of nitrogens with one attached hydrogen (secondary N) is 2. The Labute approximate surface area is 220 Å². The third kappa shape index (κ3) is 6.29. The molecule has 0 bridgehead atoms. The monoisotopic (exact) mass is 528 g/mol. The highest BCUT2D eigenvalue weighted by atomic mass is 35.5. The zero-order valence-corrected chi connectivity index (χ0v) is 21.2. The van der Waals surface area contributed by atoms with Gasteiger partial charge in [0, 0.05) is 43.4 Å². The molecule has 36 heavy (non-hydrogen) atoms. The number of halogens is 2. The van der Waals surface area contributed by atoms with E-state index >= 15 is 0 Å². The van der Waals surface area contributed by atoms with Crippen LogP contribution < -0.4 is 16.8 Å². The van der Waals surface area contributed by atoms with Crippen molar-refractivity contribution in [1.82, 2.24) is 25.3 Å². The Morgan fingerprint density at radius 3 is 2.25 bits per heavy atom. The third-order valence-electron chi connectivity index (χ3n) is 5.11. The maximum atomic E-state index is 12.1. The zero-order valence-electron chi connectivity index (χ0n) is 19.6. The van der Waals surface area contributed by atoms with E-state index in [1.165, 1.54) is 4.90 Å². The van der Waals surface area contributed by atoms with Crippen molar-refractivity contribution in [3.05, 3.63) is 71.9 Å². The van der Waals surface area contributed by atoms with Crippen LogP contribution in [0.25, 0.3) is 34.0 Å². The first-order chi connectivity index (χ1) is 16.3. The van der Waals surface area contributed by atoms with Crippen molar-refractivity contribution in [2.45, 2.75) is 6.54 Å². The summed E-state index contributed by atoms with van der Waals surface area (Å²) in [6.45, 7) is 0.461. The maximum absolute atomic E-state index is 12.1. The lowest BCUT2D eigenvalue weighted by atomic mass is 10.1. The predicted octanol–water partition coefficient (Wildman–Crippen LogP) is 3.58. The van der Waals surface area contributed by atoms with Crippen LogP contribution in [-0.4, -0.2) is 46.0 Å². The van der Waals surface area contributed by atoms with Gasteiger partial charge in [0.15, 0.2) is 23.2 Å². The van der Waals surface area contributed by atoms with E-state index in [0.717, 1.165) is 16.7 Å². The van der Waals surface area contributed by atoms with Gasteiger partial charge in [0.2, 0.25) is 0 Å². The molecule has 0 fully saturated rings. The molecule has 0 aliphatic rings. The van der Waals surface area contributed by atoms with Gasteiger partial charge < -0.3 is 26.2 Å². The molecule has 188 valence electrons. The number of aromatic nitrogens is 3. The van der Waals surface area contributed by atoms with E-state index in [4.69, 9.17) is 21.4 Å². The van der Waals surface area contributed by atoms with Crippen LogP contribution in [-0.2, 0) is 6.54 Å². The largest absolute Gasteiger partial charge is 0.382 e. The standard InChI is InChI=1S/C24H24N8O2.2ClH/c1-32(2)23(33)17-9-7-16(8-10-17)19-13-28-22(25)21(30-19)20-11-18(31-34-20)15-5-3-14(4-6-15)12-29-24(26)27;;/h3-11,13H,12H2,1-2H3,(H2,25,28)(H4,26,27,29);2*1H. The first kappa shape index (κ1) is 28.1. The second kappa shape index (κ2) is 12.0. The van der Waals surface area contributed by atoms with Crippen LogP contribution in [0.1, 0.15) is 15.9 Å². The minimum atomic E-state index is -0.0795. The smallest absolute Gasteiger partial charge is 0.253 e. The van der Waals surface area contributed by atoms with E-state index in [0.29, 0.717) is 35.0 Å². The summed E-state index contributed by atoms with van der Waals surface area (Å²) in [6.07, 6.45) is 1.58. The van der Waals surface area contributed by atoms with Crippen LogP contribution >= 0.6 is 24.8 Å². The number of guanidine groups is 1. The number of hydrogen-bond acceptors (Lipinski definition) is 7. The molecule has 1 amide bonds. The van der Waals surface area contributed by atoms with Gasteiger partial charge >= 0.3 is 0 Å². The SMILES string of the molecule is CN(C)C(=O)c1ccc(-c2cnc(N)c(-c3cc(-c4ccc(CNC(=N)N)cc4)no3)n2)cc1.Cl.Cl. The minimum Gasteiger partial charge on any atom is -0.382 e. The van der Waals surface area contributed by atoms with E-state index < -0.39 is 0 Å². The summed E-state index contributed by atoms with van der Waals surface area (Å²) in [4.78, 5) is 22.5. The van der Waals surface area contributed by atoms with Crippen LogP contribution in [0.15, 0.2) is 65.3 Å². The quantitative estimate of drug-likeness (QED) is 0.218. The fraction of sp³-hybridized carbons (Fsp3) is 0.125. The molecule has 0 spiro atoms. The predicted molar refractivity (Wildman–Crippen MR) is 144 cm³/mol. The van der Waals surface area contributed by atoms with Gasteiger partial charge in [0.25, 0.3) is 5.91 Å². The lowest BCUT2D eigenvalue weighted by Gasteiger charge is -2.10. The number of carbonyl (C=O) groups excluding carboxylic acids is 1. The number of nitrogens with zero attached hydrogens (tertiary/aromatic N) is 4. The van der Waals surface area contributed by atoms with Gasteiger partial charge in [-0.25, -0.2) is 9.97 Å². The Kier molecular flexibility index (Phi) is 9.37. The molecular formula is C24H26Cl2N8O2. The van der Waals surface area contributed by atoms with Crippen LogP contribution in [0.3, 0.4) is 0 Å². The summed E-state index contributed by atoms with van der Waals surface area (Å²) in [5.74, 6) is 0.456. The van der Waals surface area contributed by atoms with E-state index in [9.17, 15) is 4.79 Å². The van der Waals surface area contributed by atoms with Crippen LogP contribution in [0.4, 0.5) is 5.82 Å². The number of nitrogen functional groups attached to an aromatic ring is 1. The van der Waals surface area contributed by atoms with Crippen molar-refractivity contribution in [2.75, 3.05) is 19.8 Å². The molecule has 0 aliphatic heterocycles. The number of amides is 1. The molecule has 0 atom stereocenters. The molecule has 4 aromatic rings. The Morgan fingerprint density at radius 1 is 1.03 bits per heavy atom. The molecule has 10 nitrogen and oxygen atoms in total. The van der Waals surface area contributed by atoms with Crippen LogP contribution in [0, 0.1) is 5.41 Å². The van der Waals surface area contributed by atoms with Crippen molar-refractivity contribution in [3.8, 4) is 34.0 Å². The Hall–Kier alpha value is -4.15. The Morgan fingerprint density at radius 2 is 1.64 bits per heavy atom. The Bertz CT molecular complexity index is 1340. The fourth-order valence-corrected chi connectivity index (χ4v) is 3.27. The highest BCUT2D eigenvalue weighted by Gasteiger charge is 2.16. The molecule has 6 N–H and O–H groups in total. The minimum absolute atomic E-state index is 0. The van der Waals surface area contributed by atoms with Crippen molar-refractivity contribution in [3.63, 3.8) is 0 Å². The molecule has 0 unspecified atom stereocenters. The van der Waals surface area contributed by atoms with E-state index in [1.54, 1.807) is 38.5 Å². The van der Waals surface area contributed by atoms with Gasteiger partial charge in [-0.2, -0.15) is 0 Å². The maximum Gasteiger partial charge on any atom is 0.253 e. The van der Waals surface area contributed by atoms with Gasteiger partial charge in [0.1, 0.15) is 5.69 Å². The lowest BCUT2D eigenvalue weighted by Crippen LogP contribution is -2.29. The molecule has 0 radical (unpaired) electrons. The number of nitrogens with two attached hydrogens (primary N) is 2. The number of anilines is 1. The normalized spacial score (nSPS) is 10.1. The van der Waals surface area contributed by atoms with Crippen LogP contribution in [0.5, 0.6) is 0 Å². The zero-order chi connectivity index (χ0) is 24.2. The van der Waals surface area contributed by atoms with Gasteiger partial charge in [-0.1, -0.05) is 41.6 Å². The van der Waals surface area contributed by atoms with Gasteiger partial charge in [-0.05, 0) is 17.7 Å². The summed E-state index contributed by atoms with van der Waals surface area (Å²) in [7, 11) is 3.42. The third-order valence-corrected chi connectivity index (χ3v) is 5.11. The van der Waals surface area contributed by atoms with Crippen molar-refractivity contribution in [2.24, 2.45) is 5.73 Å². The van der Waals surface area contributed by atoms with Crippen molar-refractivity contribution in [1.29, 1.82) is 5.41 Å². The van der Waals surface area contributed by atoms with Gasteiger partial charge in [0.05, 0.1) is 11.9 Å². The topological polar surface area (TPSA) is 160 Å². The fourth-order valence-electron chi connectivity index (χ4n) is 3.27. The van der Waals surface area contributed by atoms with Gasteiger partial charge in [-0.3, -0.25) is 10.2 Å². The van der Waals surface area contributed by atoms with Crippen molar-refractivity contribution < 1.29 is 9.32 Å². The molecule has 0 aliphatic carbocycles.